The number of benzene rings is 1. The van der Waals surface area contributed by atoms with Gasteiger partial charge in [0, 0.05) is 38.3 Å². The van der Waals surface area contributed by atoms with Crippen LogP contribution in [0.2, 0.25) is 0 Å². The normalized spacial score (nSPS) is 16.0. The Morgan fingerprint density at radius 2 is 1.82 bits per heavy atom. The summed E-state index contributed by atoms with van der Waals surface area (Å²) in [6, 6.07) is 4.41. The molecule has 28 heavy (non-hydrogen) atoms. The van der Waals surface area contributed by atoms with E-state index in [1.54, 1.807) is 21.3 Å². The minimum atomic E-state index is 0.481. The second kappa shape index (κ2) is 11.6. The maximum atomic E-state index is 5.56. The molecule has 2 rings (SSSR count). The Morgan fingerprint density at radius 3 is 2.39 bits per heavy atom. The maximum absolute atomic E-state index is 5.56. The molecule has 1 fully saturated rings. The van der Waals surface area contributed by atoms with E-state index >= 15 is 0 Å². The molecule has 1 saturated heterocycles. The molecule has 2 N–H and O–H groups in total. The van der Waals surface area contributed by atoms with Crippen molar-refractivity contribution in [2.75, 3.05) is 54.6 Å². The van der Waals surface area contributed by atoms with Gasteiger partial charge in [-0.15, -0.1) is 0 Å². The lowest BCUT2D eigenvalue weighted by Crippen LogP contribution is -2.49. The van der Waals surface area contributed by atoms with Gasteiger partial charge in [0.05, 0.1) is 21.3 Å². The highest BCUT2D eigenvalue weighted by atomic mass is 16.5. The molecule has 0 saturated carbocycles. The van der Waals surface area contributed by atoms with Gasteiger partial charge in [-0.2, -0.15) is 0 Å². The van der Waals surface area contributed by atoms with Crippen molar-refractivity contribution in [3.05, 3.63) is 17.7 Å². The third kappa shape index (κ3) is 5.92. The highest BCUT2D eigenvalue weighted by molar-refractivity contribution is 5.80. The number of hydrogen-bond acceptors (Lipinski definition) is 5. The third-order valence-electron chi connectivity index (χ3n) is 5.16. The van der Waals surface area contributed by atoms with Crippen molar-refractivity contribution in [3.63, 3.8) is 0 Å². The van der Waals surface area contributed by atoms with Crippen molar-refractivity contribution in [2.24, 2.45) is 4.99 Å². The first kappa shape index (κ1) is 22.1. The van der Waals surface area contributed by atoms with Gasteiger partial charge in [0.25, 0.3) is 0 Å². The molecule has 1 aromatic rings. The van der Waals surface area contributed by atoms with Crippen LogP contribution in [0.5, 0.6) is 17.2 Å². The number of aliphatic imine (C=N–C) groups is 1. The molecule has 0 aliphatic carbocycles. The SMILES string of the molecule is CCCN1CCC(NC(=NC)NCCc2ccc(OC)c(OC)c2OC)CC1. The molecule has 0 aromatic heterocycles. The van der Waals surface area contributed by atoms with Gasteiger partial charge in [-0.25, -0.2) is 0 Å². The van der Waals surface area contributed by atoms with Gasteiger partial charge in [-0.1, -0.05) is 13.0 Å². The molecular formula is C21H36N4O3. The van der Waals surface area contributed by atoms with E-state index < -0.39 is 0 Å². The Balaban J connectivity index is 1.86. The predicted octanol–water partition coefficient (Wildman–Crippen LogP) is 2.29. The molecular weight excluding hydrogens is 356 g/mol. The summed E-state index contributed by atoms with van der Waals surface area (Å²) in [5, 5.41) is 6.98. The second-order valence-electron chi connectivity index (χ2n) is 7.00. The van der Waals surface area contributed by atoms with Crippen LogP contribution in [-0.2, 0) is 6.42 Å². The van der Waals surface area contributed by atoms with Crippen LogP contribution in [-0.4, -0.2) is 71.5 Å². The first-order valence-electron chi connectivity index (χ1n) is 10.1. The summed E-state index contributed by atoms with van der Waals surface area (Å²) in [5.41, 5.74) is 1.07. The third-order valence-corrected chi connectivity index (χ3v) is 5.16. The lowest BCUT2D eigenvalue weighted by molar-refractivity contribution is 0.206. The molecule has 0 radical (unpaired) electrons. The number of nitrogens with zero attached hydrogens (tertiary/aromatic N) is 2. The summed E-state index contributed by atoms with van der Waals surface area (Å²) >= 11 is 0. The molecule has 7 nitrogen and oxygen atoms in total. The highest BCUT2D eigenvalue weighted by Crippen LogP contribution is 2.39. The quantitative estimate of drug-likeness (QED) is 0.497. The summed E-state index contributed by atoms with van der Waals surface area (Å²) in [4.78, 5) is 6.92. The summed E-state index contributed by atoms with van der Waals surface area (Å²) in [5.74, 6) is 2.87. The van der Waals surface area contributed by atoms with Crippen LogP contribution in [0, 0.1) is 0 Å². The molecule has 0 spiro atoms. The summed E-state index contributed by atoms with van der Waals surface area (Å²) in [7, 11) is 6.72. The molecule has 158 valence electrons. The lowest BCUT2D eigenvalue weighted by Gasteiger charge is -2.32. The average Bonchev–Trinajstić information content (AvgIpc) is 2.73. The number of methoxy groups -OCH3 is 3. The zero-order chi connectivity index (χ0) is 20.4. The van der Waals surface area contributed by atoms with Crippen LogP contribution < -0.4 is 24.8 Å². The molecule has 1 heterocycles. The Morgan fingerprint density at radius 1 is 1.11 bits per heavy atom. The molecule has 0 amide bonds. The Hall–Kier alpha value is -2.15. The zero-order valence-electron chi connectivity index (χ0n) is 18.0. The van der Waals surface area contributed by atoms with Gasteiger partial charge in [0.2, 0.25) is 5.75 Å². The number of rotatable bonds is 9. The van der Waals surface area contributed by atoms with Gasteiger partial charge >= 0.3 is 0 Å². The van der Waals surface area contributed by atoms with Crippen LogP contribution >= 0.6 is 0 Å². The highest BCUT2D eigenvalue weighted by Gasteiger charge is 2.19. The van der Waals surface area contributed by atoms with Crippen molar-refractivity contribution in [3.8, 4) is 17.2 Å². The smallest absolute Gasteiger partial charge is 0.203 e. The molecule has 1 aromatic carbocycles. The first-order chi connectivity index (χ1) is 13.7. The Kier molecular flexibility index (Phi) is 9.20. The van der Waals surface area contributed by atoms with Crippen molar-refractivity contribution < 1.29 is 14.2 Å². The molecule has 1 aliphatic heterocycles. The van der Waals surface area contributed by atoms with Crippen LogP contribution in [0.1, 0.15) is 31.7 Å². The van der Waals surface area contributed by atoms with E-state index in [2.05, 4.69) is 27.4 Å². The van der Waals surface area contributed by atoms with Gasteiger partial charge in [0.1, 0.15) is 0 Å². The molecule has 1 aliphatic rings. The molecule has 0 unspecified atom stereocenters. The van der Waals surface area contributed by atoms with E-state index in [4.69, 9.17) is 14.2 Å². The van der Waals surface area contributed by atoms with Crippen LogP contribution in [0.3, 0.4) is 0 Å². The van der Waals surface area contributed by atoms with E-state index in [0.29, 0.717) is 17.5 Å². The first-order valence-corrected chi connectivity index (χ1v) is 10.1. The van der Waals surface area contributed by atoms with Crippen LogP contribution in [0.15, 0.2) is 17.1 Å². The molecule has 7 heteroatoms. The van der Waals surface area contributed by atoms with Crippen LogP contribution in [0.25, 0.3) is 0 Å². The second-order valence-corrected chi connectivity index (χ2v) is 7.00. The Bertz CT molecular complexity index is 628. The molecule has 0 bridgehead atoms. The predicted molar refractivity (Wildman–Crippen MR) is 114 cm³/mol. The monoisotopic (exact) mass is 392 g/mol. The number of hydrogen-bond donors (Lipinski definition) is 2. The summed E-state index contributed by atoms with van der Waals surface area (Å²) in [6.07, 6.45) is 4.33. The van der Waals surface area contributed by atoms with Crippen molar-refractivity contribution in [1.29, 1.82) is 0 Å². The minimum absolute atomic E-state index is 0.481. The lowest BCUT2D eigenvalue weighted by atomic mass is 10.1. The van der Waals surface area contributed by atoms with E-state index in [-0.39, 0.29) is 0 Å². The van der Waals surface area contributed by atoms with Crippen molar-refractivity contribution in [1.82, 2.24) is 15.5 Å². The summed E-state index contributed by atoms with van der Waals surface area (Å²) in [6.45, 7) is 6.51. The van der Waals surface area contributed by atoms with Gasteiger partial charge in [0.15, 0.2) is 17.5 Å². The standard InChI is InChI=1S/C21H36N4O3/c1-6-13-25-14-10-17(11-15-25)24-21(22-2)23-12-9-16-7-8-18(26-3)20(28-5)19(16)27-4/h7-8,17H,6,9-15H2,1-5H3,(H2,22,23,24). The van der Waals surface area contributed by atoms with Crippen molar-refractivity contribution in [2.45, 2.75) is 38.6 Å². The van der Waals surface area contributed by atoms with E-state index in [9.17, 15) is 0 Å². The topological polar surface area (TPSA) is 67.4 Å². The van der Waals surface area contributed by atoms with E-state index in [1.807, 2.05) is 19.2 Å². The number of nitrogens with one attached hydrogen (secondary N) is 2. The number of ether oxygens (including phenoxy) is 3. The fourth-order valence-electron chi connectivity index (χ4n) is 3.68. The van der Waals surface area contributed by atoms with E-state index in [1.165, 1.54) is 13.0 Å². The maximum Gasteiger partial charge on any atom is 0.203 e. The minimum Gasteiger partial charge on any atom is -0.493 e. The van der Waals surface area contributed by atoms with Gasteiger partial charge < -0.3 is 29.7 Å². The Labute approximate surface area is 169 Å². The largest absolute Gasteiger partial charge is 0.493 e. The average molecular weight is 393 g/mol. The fraction of sp³-hybridized carbons (Fsp3) is 0.667. The number of piperidine rings is 1. The number of guanidine groups is 1. The fourth-order valence-corrected chi connectivity index (χ4v) is 3.68. The van der Waals surface area contributed by atoms with Gasteiger partial charge in [-0.3, -0.25) is 4.99 Å². The molecule has 0 atom stereocenters. The van der Waals surface area contributed by atoms with Gasteiger partial charge in [-0.05, 0) is 38.3 Å². The number of likely N-dealkylation sites (tertiary alicyclic amines) is 1. The van der Waals surface area contributed by atoms with Crippen LogP contribution in [0.4, 0.5) is 0 Å². The van der Waals surface area contributed by atoms with E-state index in [0.717, 1.165) is 56.2 Å². The summed E-state index contributed by atoms with van der Waals surface area (Å²) < 4.78 is 16.4. The van der Waals surface area contributed by atoms with Crippen molar-refractivity contribution >= 4 is 5.96 Å². The zero-order valence-corrected chi connectivity index (χ0v) is 18.0.